The molecule has 122 valence electrons. The number of nitro groups is 1. The summed E-state index contributed by atoms with van der Waals surface area (Å²) in [7, 11) is 0. The highest BCUT2D eigenvalue weighted by Gasteiger charge is 2.20. The third kappa shape index (κ3) is 3.74. The van der Waals surface area contributed by atoms with Gasteiger partial charge in [0.15, 0.2) is 6.61 Å². The first-order valence-electron chi connectivity index (χ1n) is 6.62. The van der Waals surface area contributed by atoms with Crippen LogP contribution in [0, 0.1) is 28.4 Å². The second-order valence-electron chi connectivity index (χ2n) is 4.61. The number of nitriles is 1. The van der Waals surface area contributed by atoms with Gasteiger partial charge < -0.3 is 10.1 Å². The van der Waals surface area contributed by atoms with Gasteiger partial charge in [0.05, 0.1) is 16.1 Å². The minimum atomic E-state index is -0.835. The predicted octanol–water partition coefficient (Wildman–Crippen LogP) is 2.63. The molecule has 1 aromatic carbocycles. The van der Waals surface area contributed by atoms with Crippen LogP contribution in [0.4, 0.5) is 10.7 Å². The summed E-state index contributed by atoms with van der Waals surface area (Å²) in [4.78, 5) is 34.0. The number of carbonyl (C=O) groups is 2. The molecular weight excluding hydrogens is 334 g/mol. The van der Waals surface area contributed by atoms with Gasteiger partial charge in [0.2, 0.25) is 0 Å². The third-order valence-corrected chi connectivity index (χ3v) is 3.92. The van der Waals surface area contributed by atoms with E-state index in [1.54, 1.807) is 11.4 Å². The summed E-state index contributed by atoms with van der Waals surface area (Å²) in [6, 6.07) is 7.50. The molecule has 1 N–H and O–H groups in total. The lowest BCUT2D eigenvalue weighted by atomic mass is 10.1. The maximum absolute atomic E-state index is 12.0. The molecule has 9 heteroatoms. The number of hydrogen-bond acceptors (Lipinski definition) is 7. The average molecular weight is 345 g/mol. The number of nitro benzene ring substituents is 1. The number of hydrogen-bond donors (Lipinski definition) is 1. The van der Waals surface area contributed by atoms with Gasteiger partial charge in [-0.2, -0.15) is 5.26 Å². The molecular formula is C15H11N3O5S. The van der Waals surface area contributed by atoms with E-state index in [1.807, 2.05) is 6.07 Å². The number of nitrogens with zero attached hydrogens (tertiary/aromatic N) is 2. The summed E-state index contributed by atoms with van der Waals surface area (Å²) in [5.74, 6) is -1.44. The Morgan fingerprint density at radius 2 is 2.17 bits per heavy atom. The summed E-state index contributed by atoms with van der Waals surface area (Å²) in [6.45, 7) is 0.864. The van der Waals surface area contributed by atoms with Crippen molar-refractivity contribution in [1.82, 2.24) is 0 Å². The number of anilines is 1. The monoisotopic (exact) mass is 345 g/mol. The van der Waals surface area contributed by atoms with Crippen molar-refractivity contribution in [2.75, 3.05) is 11.9 Å². The van der Waals surface area contributed by atoms with Gasteiger partial charge in [0.1, 0.15) is 11.1 Å². The zero-order valence-electron chi connectivity index (χ0n) is 12.4. The molecule has 0 bridgehead atoms. The van der Waals surface area contributed by atoms with Gasteiger partial charge in [-0.1, -0.05) is 6.07 Å². The van der Waals surface area contributed by atoms with Gasteiger partial charge in [-0.3, -0.25) is 14.9 Å². The number of ether oxygens (including phenoxy) is 1. The van der Waals surface area contributed by atoms with E-state index in [0.717, 1.165) is 0 Å². The summed E-state index contributed by atoms with van der Waals surface area (Å²) in [5, 5.41) is 24.2. The Morgan fingerprint density at radius 3 is 2.83 bits per heavy atom. The molecule has 0 saturated heterocycles. The van der Waals surface area contributed by atoms with E-state index in [1.165, 1.54) is 36.5 Å². The molecule has 0 aliphatic carbocycles. The Labute approximate surface area is 140 Å². The zero-order chi connectivity index (χ0) is 17.7. The molecule has 0 fully saturated rings. The van der Waals surface area contributed by atoms with Gasteiger partial charge in [-0.25, -0.2) is 4.79 Å². The van der Waals surface area contributed by atoms with E-state index in [4.69, 9.17) is 10.00 Å². The molecule has 2 aromatic rings. The fourth-order valence-corrected chi connectivity index (χ4v) is 2.66. The maximum atomic E-state index is 12.0. The Morgan fingerprint density at radius 1 is 1.42 bits per heavy atom. The Bertz CT molecular complexity index is 853. The fraction of sp³-hybridized carbons (Fsp3) is 0.133. The first-order valence-corrected chi connectivity index (χ1v) is 7.50. The molecule has 8 nitrogen and oxygen atoms in total. The van der Waals surface area contributed by atoms with Crippen LogP contribution in [0.5, 0.6) is 0 Å². The molecule has 0 aliphatic rings. The Hall–Kier alpha value is -3.25. The van der Waals surface area contributed by atoms with E-state index in [0.29, 0.717) is 10.6 Å². The molecule has 0 atom stereocenters. The normalized spacial score (nSPS) is 9.83. The molecule has 1 aromatic heterocycles. The molecule has 1 amide bonds. The number of amides is 1. The lowest BCUT2D eigenvalue weighted by molar-refractivity contribution is -0.385. The highest BCUT2D eigenvalue weighted by atomic mass is 32.1. The van der Waals surface area contributed by atoms with Crippen molar-refractivity contribution >= 4 is 33.9 Å². The van der Waals surface area contributed by atoms with E-state index in [-0.39, 0.29) is 16.8 Å². The minimum Gasteiger partial charge on any atom is -0.452 e. The first-order chi connectivity index (χ1) is 11.4. The molecule has 0 aliphatic heterocycles. The number of benzene rings is 1. The van der Waals surface area contributed by atoms with E-state index >= 15 is 0 Å². The molecule has 0 spiro atoms. The largest absolute Gasteiger partial charge is 0.452 e. The number of nitrogens with one attached hydrogen (secondary N) is 1. The van der Waals surface area contributed by atoms with Crippen molar-refractivity contribution in [3.8, 4) is 6.07 Å². The van der Waals surface area contributed by atoms with E-state index in [2.05, 4.69) is 5.32 Å². The summed E-state index contributed by atoms with van der Waals surface area (Å²) >= 11 is 1.17. The zero-order valence-corrected chi connectivity index (χ0v) is 13.3. The third-order valence-electron chi connectivity index (χ3n) is 3.09. The van der Waals surface area contributed by atoms with Crippen LogP contribution in [0.2, 0.25) is 0 Å². The van der Waals surface area contributed by atoms with Gasteiger partial charge in [-0.05, 0) is 24.4 Å². The Balaban J connectivity index is 2.01. The van der Waals surface area contributed by atoms with Crippen molar-refractivity contribution in [1.29, 1.82) is 5.26 Å². The molecule has 24 heavy (non-hydrogen) atoms. The van der Waals surface area contributed by atoms with Crippen LogP contribution in [-0.4, -0.2) is 23.4 Å². The van der Waals surface area contributed by atoms with Crippen LogP contribution in [0.3, 0.4) is 0 Å². The molecule has 2 rings (SSSR count). The van der Waals surface area contributed by atoms with E-state index < -0.39 is 23.4 Å². The van der Waals surface area contributed by atoms with E-state index in [9.17, 15) is 19.7 Å². The molecule has 0 saturated carbocycles. The fourth-order valence-electron chi connectivity index (χ4n) is 1.91. The molecule has 0 radical (unpaired) electrons. The van der Waals surface area contributed by atoms with Crippen molar-refractivity contribution in [3.63, 3.8) is 0 Å². The topological polar surface area (TPSA) is 122 Å². The second-order valence-corrected chi connectivity index (χ2v) is 5.52. The number of carbonyl (C=O) groups excluding carboxylic acids is 2. The first kappa shape index (κ1) is 17.1. The van der Waals surface area contributed by atoms with Gasteiger partial charge in [0, 0.05) is 11.6 Å². The maximum Gasteiger partial charge on any atom is 0.339 e. The van der Waals surface area contributed by atoms with Crippen LogP contribution >= 0.6 is 11.3 Å². The molecule has 0 unspecified atom stereocenters. The van der Waals surface area contributed by atoms with Crippen LogP contribution in [0.15, 0.2) is 29.6 Å². The van der Waals surface area contributed by atoms with Crippen molar-refractivity contribution in [2.24, 2.45) is 0 Å². The number of esters is 1. The predicted molar refractivity (Wildman–Crippen MR) is 85.8 cm³/mol. The summed E-state index contributed by atoms with van der Waals surface area (Å²) < 4.78 is 4.88. The van der Waals surface area contributed by atoms with Gasteiger partial charge in [0.25, 0.3) is 11.6 Å². The lowest BCUT2D eigenvalue weighted by Crippen LogP contribution is -2.21. The van der Waals surface area contributed by atoms with Crippen molar-refractivity contribution in [3.05, 3.63) is 56.5 Å². The second kappa shape index (κ2) is 7.34. The van der Waals surface area contributed by atoms with Crippen molar-refractivity contribution in [2.45, 2.75) is 6.92 Å². The van der Waals surface area contributed by atoms with Crippen LogP contribution in [-0.2, 0) is 9.53 Å². The minimum absolute atomic E-state index is 0.0193. The Kier molecular flexibility index (Phi) is 5.23. The van der Waals surface area contributed by atoms with Crippen LogP contribution in [0.25, 0.3) is 0 Å². The van der Waals surface area contributed by atoms with Crippen molar-refractivity contribution < 1.29 is 19.2 Å². The smallest absolute Gasteiger partial charge is 0.339 e. The van der Waals surface area contributed by atoms with Gasteiger partial charge in [-0.15, -0.1) is 11.3 Å². The number of rotatable bonds is 5. The average Bonchev–Trinajstić information content (AvgIpc) is 2.99. The van der Waals surface area contributed by atoms with Crippen LogP contribution < -0.4 is 5.32 Å². The van der Waals surface area contributed by atoms with Gasteiger partial charge >= 0.3 is 5.97 Å². The summed E-state index contributed by atoms with van der Waals surface area (Å²) in [6.07, 6.45) is 0. The molecule has 1 heterocycles. The SMILES string of the molecule is Cc1c(C(=O)OCC(=O)Nc2sccc2C#N)cccc1[N+](=O)[O-]. The van der Waals surface area contributed by atoms with Crippen LogP contribution in [0.1, 0.15) is 21.5 Å². The number of thiophene rings is 1. The highest BCUT2D eigenvalue weighted by molar-refractivity contribution is 7.14. The standard InChI is InChI=1S/C15H11N3O5S/c1-9-11(3-2-4-12(9)18(21)22)15(20)23-8-13(19)17-14-10(7-16)5-6-24-14/h2-6H,8H2,1H3,(H,17,19). The summed E-state index contributed by atoms with van der Waals surface area (Å²) in [5.41, 5.74) is 0.295. The lowest BCUT2D eigenvalue weighted by Gasteiger charge is -2.07. The quantitative estimate of drug-likeness (QED) is 0.505. The highest BCUT2D eigenvalue weighted by Crippen LogP contribution is 2.23.